The normalized spacial score (nSPS) is 12.3. The lowest BCUT2D eigenvalue weighted by Gasteiger charge is -2.18. The Kier molecular flexibility index (Phi) is 65.6. The minimum Gasteiger partial charge on any atom is -0.462 e. The van der Waals surface area contributed by atoms with Crippen LogP contribution in [-0.2, 0) is 28.6 Å². The van der Waals surface area contributed by atoms with Crippen LogP contribution in [0.2, 0.25) is 0 Å². The van der Waals surface area contributed by atoms with Crippen LogP contribution in [0.1, 0.15) is 380 Å². The van der Waals surface area contributed by atoms with Crippen LogP contribution in [0, 0.1) is 0 Å². The number of hydrogen-bond donors (Lipinski definition) is 0. The van der Waals surface area contributed by atoms with Crippen molar-refractivity contribution in [3.8, 4) is 0 Å². The quantitative estimate of drug-likeness (QED) is 0.0261. The van der Waals surface area contributed by atoms with Gasteiger partial charge in [0, 0.05) is 19.3 Å². The molecule has 0 rings (SSSR count). The molecule has 0 fully saturated rings. The zero-order valence-corrected chi connectivity index (χ0v) is 53.2. The molecule has 462 valence electrons. The van der Waals surface area contributed by atoms with Crippen LogP contribution >= 0.6 is 0 Å². The summed E-state index contributed by atoms with van der Waals surface area (Å²) in [6, 6.07) is 0. The molecule has 1 unspecified atom stereocenters. The highest BCUT2D eigenvalue weighted by Gasteiger charge is 2.19. The predicted molar refractivity (Wildman–Crippen MR) is 344 cm³/mol. The molecule has 0 aliphatic carbocycles. The highest BCUT2D eigenvalue weighted by Crippen LogP contribution is 2.18. The Balaban J connectivity index is 4.35. The minimum absolute atomic E-state index is 0.0737. The summed E-state index contributed by atoms with van der Waals surface area (Å²) in [6.07, 6.45) is 85.5. The molecule has 0 spiro atoms. The summed E-state index contributed by atoms with van der Waals surface area (Å²) >= 11 is 0. The van der Waals surface area contributed by atoms with Crippen molar-refractivity contribution in [1.29, 1.82) is 0 Å². The maximum atomic E-state index is 13.0. The predicted octanol–water partition coefficient (Wildman–Crippen LogP) is 24.1. The highest BCUT2D eigenvalue weighted by molar-refractivity contribution is 5.71. The molecule has 79 heavy (non-hydrogen) atoms. The first-order chi connectivity index (χ1) is 39.0. The van der Waals surface area contributed by atoms with E-state index >= 15 is 0 Å². The van der Waals surface area contributed by atoms with Gasteiger partial charge in [0.15, 0.2) is 6.10 Å². The Bertz CT molecular complexity index is 1360. The standard InChI is InChI=1S/C73H134O6/c1-4-7-10-13-16-19-22-25-28-31-34-36-37-38-40-42-45-48-51-54-57-60-63-66-72(75)78-69-70(68-77-71(74)65-62-59-56-53-50-47-44-41-33-30-27-24-21-18-15-12-9-6-3)79-73(76)67-64-61-58-55-52-49-46-43-39-35-32-29-26-23-20-17-14-11-8-5-2/h22,25,30-31,33-34,37-38,70H,4-21,23-24,26-29,32,35-36,39-69H2,1-3H3/b25-22-,33-30-,34-31-,38-37-. The van der Waals surface area contributed by atoms with Crippen molar-refractivity contribution in [1.82, 2.24) is 0 Å². The molecular weight excluding hydrogens is 973 g/mol. The number of esters is 3. The number of allylic oxidation sites excluding steroid dienone is 8. The van der Waals surface area contributed by atoms with E-state index in [0.29, 0.717) is 19.3 Å². The van der Waals surface area contributed by atoms with Gasteiger partial charge in [0.2, 0.25) is 0 Å². The fraction of sp³-hybridized carbons (Fsp3) is 0.849. The van der Waals surface area contributed by atoms with Crippen molar-refractivity contribution in [2.45, 2.75) is 386 Å². The Labute approximate surface area is 492 Å². The van der Waals surface area contributed by atoms with E-state index in [1.165, 1.54) is 263 Å². The van der Waals surface area contributed by atoms with Gasteiger partial charge < -0.3 is 14.2 Å². The molecule has 0 aliphatic heterocycles. The van der Waals surface area contributed by atoms with Gasteiger partial charge in [0.05, 0.1) is 0 Å². The third-order valence-electron chi connectivity index (χ3n) is 15.8. The molecule has 0 bridgehead atoms. The van der Waals surface area contributed by atoms with E-state index in [-0.39, 0.29) is 31.1 Å². The second-order valence-corrected chi connectivity index (χ2v) is 23.8. The Morgan fingerprint density at radius 2 is 0.456 bits per heavy atom. The highest BCUT2D eigenvalue weighted by atomic mass is 16.6. The van der Waals surface area contributed by atoms with Crippen LogP contribution < -0.4 is 0 Å². The van der Waals surface area contributed by atoms with E-state index in [1.54, 1.807) is 0 Å². The van der Waals surface area contributed by atoms with Gasteiger partial charge in [-0.05, 0) is 83.5 Å². The van der Waals surface area contributed by atoms with E-state index in [9.17, 15) is 14.4 Å². The molecule has 6 heteroatoms. The molecule has 0 saturated carbocycles. The van der Waals surface area contributed by atoms with Crippen molar-refractivity contribution in [3.05, 3.63) is 48.6 Å². The average Bonchev–Trinajstić information content (AvgIpc) is 3.45. The zero-order valence-electron chi connectivity index (χ0n) is 53.2. The maximum Gasteiger partial charge on any atom is 0.306 e. The summed E-state index contributed by atoms with van der Waals surface area (Å²) < 4.78 is 17.0. The molecule has 0 radical (unpaired) electrons. The van der Waals surface area contributed by atoms with Crippen LogP contribution in [0.5, 0.6) is 0 Å². The van der Waals surface area contributed by atoms with Crippen LogP contribution in [-0.4, -0.2) is 37.2 Å². The zero-order chi connectivity index (χ0) is 57.1. The smallest absolute Gasteiger partial charge is 0.306 e. The van der Waals surface area contributed by atoms with Gasteiger partial charge in [-0.1, -0.05) is 326 Å². The maximum absolute atomic E-state index is 13.0. The third-order valence-corrected chi connectivity index (χ3v) is 15.8. The van der Waals surface area contributed by atoms with E-state index in [4.69, 9.17) is 14.2 Å². The van der Waals surface area contributed by atoms with Crippen molar-refractivity contribution < 1.29 is 28.6 Å². The summed E-state index contributed by atoms with van der Waals surface area (Å²) in [5, 5.41) is 0. The molecule has 0 aromatic carbocycles. The SMILES string of the molecule is CCCCCCC/C=C\C/C=C\C/C=C\CCCCCCCCCCC(=O)OCC(COC(=O)CCCCCCCCC/C=C\CCCCCCCCC)OC(=O)CCCCCCCCCCCCCCCCCCCCCC. The van der Waals surface area contributed by atoms with Crippen LogP contribution in [0.4, 0.5) is 0 Å². The second kappa shape index (κ2) is 67.9. The third kappa shape index (κ3) is 66.1. The monoisotopic (exact) mass is 1110 g/mol. The lowest BCUT2D eigenvalue weighted by Crippen LogP contribution is -2.30. The molecule has 0 aromatic rings. The first kappa shape index (κ1) is 76.4. The summed E-state index contributed by atoms with van der Waals surface area (Å²) in [5.41, 5.74) is 0. The van der Waals surface area contributed by atoms with E-state index < -0.39 is 6.10 Å². The molecule has 0 heterocycles. The molecule has 1 atom stereocenters. The number of ether oxygens (including phenoxy) is 3. The van der Waals surface area contributed by atoms with Gasteiger partial charge in [-0.25, -0.2) is 0 Å². The summed E-state index contributed by atoms with van der Waals surface area (Å²) in [5.74, 6) is -0.858. The molecule has 0 saturated heterocycles. The molecule has 0 N–H and O–H groups in total. The summed E-state index contributed by atoms with van der Waals surface area (Å²) in [6.45, 7) is 6.69. The molecule has 6 nitrogen and oxygen atoms in total. The van der Waals surface area contributed by atoms with Crippen molar-refractivity contribution in [3.63, 3.8) is 0 Å². The Morgan fingerprint density at radius 1 is 0.253 bits per heavy atom. The van der Waals surface area contributed by atoms with Crippen molar-refractivity contribution in [2.24, 2.45) is 0 Å². The number of carbonyl (C=O) groups is 3. The van der Waals surface area contributed by atoms with Crippen molar-refractivity contribution in [2.75, 3.05) is 13.2 Å². The Hall–Kier alpha value is -2.63. The van der Waals surface area contributed by atoms with Crippen LogP contribution in [0.3, 0.4) is 0 Å². The fourth-order valence-corrected chi connectivity index (χ4v) is 10.5. The van der Waals surface area contributed by atoms with E-state index in [0.717, 1.165) is 77.0 Å². The minimum atomic E-state index is -0.778. The number of unbranched alkanes of at least 4 members (excludes halogenated alkanes) is 46. The number of rotatable bonds is 65. The first-order valence-corrected chi connectivity index (χ1v) is 35.1. The van der Waals surface area contributed by atoms with Gasteiger partial charge in [0.1, 0.15) is 13.2 Å². The molecule has 0 amide bonds. The van der Waals surface area contributed by atoms with Crippen LogP contribution in [0.25, 0.3) is 0 Å². The topological polar surface area (TPSA) is 78.9 Å². The summed E-state index contributed by atoms with van der Waals surface area (Å²) in [4.78, 5) is 38.5. The fourth-order valence-electron chi connectivity index (χ4n) is 10.5. The molecule has 0 aliphatic rings. The Morgan fingerprint density at radius 3 is 0.722 bits per heavy atom. The average molecular weight is 1110 g/mol. The van der Waals surface area contributed by atoms with Gasteiger partial charge in [-0.15, -0.1) is 0 Å². The van der Waals surface area contributed by atoms with Crippen LogP contribution in [0.15, 0.2) is 48.6 Å². The first-order valence-electron chi connectivity index (χ1n) is 35.1. The lowest BCUT2D eigenvalue weighted by molar-refractivity contribution is -0.167. The lowest BCUT2D eigenvalue weighted by atomic mass is 10.0. The largest absolute Gasteiger partial charge is 0.462 e. The molecule has 0 aromatic heterocycles. The van der Waals surface area contributed by atoms with E-state index in [2.05, 4.69) is 69.4 Å². The summed E-state index contributed by atoms with van der Waals surface area (Å²) in [7, 11) is 0. The second-order valence-electron chi connectivity index (χ2n) is 23.8. The molecular formula is C73H134O6. The van der Waals surface area contributed by atoms with Crippen molar-refractivity contribution >= 4 is 17.9 Å². The number of carbonyl (C=O) groups excluding carboxylic acids is 3. The van der Waals surface area contributed by atoms with Gasteiger partial charge in [-0.2, -0.15) is 0 Å². The number of hydrogen-bond acceptors (Lipinski definition) is 6. The van der Waals surface area contributed by atoms with Gasteiger partial charge in [-0.3, -0.25) is 14.4 Å². The van der Waals surface area contributed by atoms with Gasteiger partial charge in [0.25, 0.3) is 0 Å². The van der Waals surface area contributed by atoms with E-state index in [1.807, 2.05) is 0 Å². The van der Waals surface area contributed by atoms with Gasteiger partial charge >= 0.3 is 17.9 Å².